The number of pyridine rings is 1. The van der Waals surface area contributed by atoms with Crippen LogP contribution in [0.3, 0.4) is 0 Å². The van der Waals surface area contributed by atoms with E-state index in [1.165, 1.54) is 16.8 Å². The van der Waals surface area contributed by atoms with Crippen LogP contribution in [-0.4, -0.2) is 30.1 Å². The van der Waals surface area contributed by atoms with Gasteiger partial charge in [0.1, 0.15) is 17.0 Å². The van der Waals surface area contributed by atoms with E-state index in [-0.39, 0.29) is 11.4 Å². The molecule has 29 heavy (non-hydrogen) atoms. The Morgan fingerprint density at radius 2 is 1.72 bits per heavy atom. The maximum Gasteiger partial charge on any atom is 0.266 e. The summed E-state index contributed by atoms with van der Waals surface area (Å²) in [7, 11) is -2.23. The summed E-state index contributed by atoms with van der Waals surface area (Å²) >= 11 is 0. The zero-order valence-electron chi connectivity index (χ0n) is 16.1. The van der Waals surface area contributed by atoms with Crippen molar-refractivity contribution in [3.8, 4) is 5.75 Å². The van der Waals surface area contributed by atoms with Gasteiger partial charge in [-0.1, -0.05) is 29.8 Å². The molecule has 0 unspecified atom stereocenters. The summed E-state index contributed by atoms with van der Waals surface area (Å²) < 4.78 is 35.3. The fourth-order valence-corrected chi connectivity index (χ4v) is 4.47. The van der Waals surface area contributed by atoms with Crippen LogP contribution in [0.4, 0.5) is 5.69 Å². The number of methoxy groups -OCH3 is 1. The van der Waals surface area contributed by atoms with Gasteiger partial charge in [-0.25, -0.2) is 8.42 Å². The Hall–Kier alpha value is -3.39. The molecule has 0 spiro atoms. The molecule has 0 N–H and O–H groups in total. The van der Waals surface area contributed by atoms with Crippen LogP contribution in [0.25, 0.3) is 5.65 Å². The van der Waals surface area contributed by atoms with E-state index >= 15 is 0 Å². The van der Waals surface area contributed by atoms with Crippen molar-refractivity contribution in [2.24, 2.45) is 0 Å². The molecule has 0 fully saturated rings. The zero-order valence-corrected chi connectivity index (χ0v) is 16.9. The second kappa shape index (κ2) is 7.56. The summed E-state index contributed by atoms with van der Waals surface area (Å²) in [5, 5.41) is 7.75. The molecule has 148 valence electrons. The molecule has 0 amide bonds. The molecule has 0 bridgehead atoms. The summed E-state index contributed by atoms with van der Waals surface area (Å²) in [6.45, 7) is 2.15. The minimum Gasteiger partial charge on any atom is -0.497 e. The maximum absolute atomic E-state index is 13.6. The molecule has 2 heterocycles. The maximum atomic E-state index is 13.6. The molecule has 0 radical (unpaired) electrons. The van der Waals surface area contributed by atoms with Gasteiger partial charge in [-0.3, -0.25) is 8.71 Å². The van der Waals surface area contributed by atoms with Crippen molar-refractivity contribution < 1.29 is 13.2 Å². The first kappa shape index (κ1) is 18.9. The van der Waals surface area contributed by atoms with E-state index in [0.717, 1.165) is 16.9 Å². The van der Waals surface area contributed by atoms with Gasteiger partial charge in [0.05, 0.1) is 19.3 Å². The number of anilines is 1. The third-order valence-corrected chi connectivity index (χ3v) is 6.42. The fourth-order valence-electron chi connectivity index (χ4n) is 3.01. The predicted molar refractivity (Wildman–Crippen MR) is 111 cm³/mol. The highest BCUT2D eigenvalue weighted by atomic mass is 32.2. The van der Waals surface area contributed by atoms with Crippen LogP contribution in [0.2, 0.25) is 0 Å². The molecule has 4 aromatic rings. The van der Waals surface area contributed by atoms with Crippen LogP contribution in [0.1, 0.15) is 11.1 Å². The molecule has 0 atom stereocenters. The summed E-state index contributed by atoms with van der Waals surface area (Å²) in [6, 6.07) is 18.0. The van der Waals surface area contributed by atoms with Crippen LogP contribution in [-0.2, 0) is 16.6 Å². The average Bonchev–Trinajstić information content (AvgIpc) is 3.21. The highest BCUT2D eigenvalue weighted by Gasteiger charge is 2.26. The Morgan fingerprint density at radius 1 is 1.00 bits per heavy atom. The fraction of sp³-hybridized carbons (Fsp3) is 0.143. The Labute approximate surface area is 169 Å². The number of ether oxygens (including phenoxy) is 1. The van der Waals surface area contributed by atoms with E-state index < -0.39 is 10.0 Å². The third kappa shape index (κ3) is 3.79. The molecule has 2 aromatic heterocycles. The molecule has 0 aliphatic heterocycles. The van der Waals surface area contributed by atoms with Crippen LogP contribution in [0, 0.1) is 6.92 Å². The smallest absolute Gasteiger partial charge is 0.266 e. The lowest BCUT2D eigenvalue weighted by Gasteiger charge is -2.25. The van der Waals surface area contributed by atoms with Gasteiger partial charge in [0.2, 0.25) is 0 Å². The van der Waals surface area contributed by atoms with Crippen LogP contribution in [0.5, 0.6) is 5.75 Å². The summed E-state index contributed by atoms with van der Waals surface area (Å²) in [6.07, 6.45) is 3.01. The number of hydrogen-bond acceptors (Lipinski definition) is 5. The number of aromatic nitrogens is 3. The zero-order chi connectivity index (χ0) is 20.4. The van der Waals surface area contributed by atoms with Crippen LogP contribution in [0.15, 0.2) is 78.1 Å². The summed E-state index contributed by atoms with van der Waals surface area (Å²) in [4.78, 5) is 0.166. The number of hydrogen-bond donors (Lipinski definition) is 0. The molecule has 0 aliphatic carbocycles. The minimum absolute atomic E-state index is 0.166. The van der Waals surface area contributed by atoms with E-state index in [2.05, 4.69) is 10.2 Å². The lowest BCUT2D eigenvalue weighted by Crippen LogP contribution is -2.30. The average molecular weight is 408 g/mol. The van der Waals surface area contributed by atoms with E-state index in [1.54, 1.807) is 23.6 Å². The predicted octanol–water partition coefficient (Wildman–Crippen LogP) is 3.44. The standard InChI is InChI=1S/C21H20N4O3S/c1-16-3-7-18(8-4-16)25(13-17-5-9-19(28-2)10-6-17)29(26,27)20-11-12-21-23-22-15-24(21)14-20/h3-12,14-15H,13H2,1-2H3. The van der Waals surface area contributed by atoms with Crippen molar-refractivity contribution in [1.82, 2.24) is 14.6 Å². The van der Waals surface area contributed by atoms with Gasteiger partial charge in [-0.15, -0.1) is 10.2 Å². The molecular weight excluding hydrogens is 388 g/mol. The van der Waals surface area contributed by atoms with Gasteiger partial charge in [0.15, 0.2) is 5.65 Å². The second-order valence-corrected chi connectivity index (χ2v) is 8.52. The van der Waals surface area contributed by atoms with Gasteiger partial charge in [0, 0.05) is 6.20 Å². The number of aryl methyl sites for hydroxylation is 1. The highest BCUT2D eigenvalue weighted by Crippen LogP contribution is 2.27. The minimum atomic E-state index is -3.82. The molecule has 0 saturated heterocycles. The number of rotatable bonds is 6. The van der Waals surface area contributed by atoms with E-state index in [0.29, 0.717) is 11.3 Å². The van der Waals surface area contributed by atoms with Crippen molar-refractivity contribution >= 4 is 21.4 Å². The number of benzene rings is 2. The first-order chi connectivity index (χ1) is 14.0. The quantitative estimate of drug-likeness (QED) is 0.488. The van der Waals surface area contributed by atoms with Crippen LogP contribution >= 0.6 is 0 Å². The Morgan fingerprint density at radius 3 is 2.41 bits per heavy atom. The van der Waals surface area contributed by atoms with Gasteiger partial charge in [-0.2, -0.15) is 0 Å². The molecule has 2 aromatic carbocycles. The normalized spacial score (nSPS) is 11.5. The first-order valence-electron chi connectivity index (χ1n) is 8.99. The Bertz CT molecular complexity index is 1230. The van der Waals surface area contributed by atoms with Gasteiger partial charge < -0.3 is 4.74 Å². The molecule has 7 nitrogen and oxygen atoms in total. The summed E-state index contributed by atoms with van der Waals surface area (Å²) in [5.74, 6) is 0.719. The van der Waals surface area contributed by atoms with Crippen LogP contribution < -0.4 is 9.04 Å². The molecule has 8 heteroatoms. The molecule has 4 rings (SSSR count). The lowest BCUT2D eigenvalue weighted by atomic mass is 10.2. The highest BCUT2D eigenvalue weighted by molar-refractivity contribution is 7.92. The topological polar surface area (TPSA) is 76.8 Å². The largest absolute Gasteiger partial charge is 0.497 e. The van der Waals surface area contributed by atoms with Crippen molar-refractivity contribution in [2.45, 2.75) is 18.4 Å². The van der Waals surface area contributed by atoms with Gasteiger partial charge >= 0.3 is 0 Å². The van der Waals surface area contributed by atoms with Gasteiger partial charge in [-0.05, 0) is 48.9 Å². The SMILES string of the molecule is COc1ccc(CN(c2ccc(C)cc2)S(=O)(=O)c2ccc3nncn3c2)cc1. The number of nitrogens with zero attached hydrogens (tertiary/aromatic N) is 4. The van der Waals surface area contributed by atoms with Crippen molar-refractivity contribution in [3.63, 3.8) is 0 Å². The molecule has 0 saturated carbocycles. The first-order valence-corrected chi connectivity index (χ1v) is 10.4. The van der Waals surface area contributed by atoms with E-state index in [9.17, 15) is 8.42 Å². The summed E-state index contributed by atoms with van der Waals surface area (Å²) in [5.41, 5.74) is 3.08. The molecule has 0 aliphatic rings. The van der Waals surface area contributed by atoms with Crippen molar-refractivity contribution in [3.05, 3.63) is 84.3 Å². The monoisotopic (exact) mass is 408 g/mol. The second-order valence-electron chi connectivity index (χ2n) is 6.66. The third-order valence-electron chi connectivity index (χ3n) is 4.66. The van der Waals surface area contributed by atoms with E-state index in [1.807, 2.05) is 55.5 Å². The van der Waals surface area contributed by atoms with Crippen molar-refractivity contribution in [1.29, 1.82) is 0 Å². The Kier molecular flexibility index (Phi) is 4.94. The number of sulfonamides is 1. The lowest BCUT2D eigenvalue weighted by molar-refractivity contribution is 0.414. The van der Waals surface area contributed by atoms with E-state index in [4.69, 9.17) is 4.74 Å². The number of fused-ring (bicyclic) bond motifs is 1. The van der Waals surface area contributed by atoms with Crippen molar-refractivity contribution in [2.75, 3.05) is 11.4 Å². The molecular formula is C21H20N4O3S. The Balaban J connectivity index is 1.78. The van der Waals surface area contributed by atoms with Gasteiger partial charge in [0.25, 0.3) is 10.0 Å².